The topological polar surface area (TPSA) is 79.4 Å². The van der Waals surface area contributed by atoms with Crippen molar-refractivity contribution in [1.29, 1.82) is 0 Å². The molecule has 0 atom stereocenters. The van der Waals surface area contributed by atoms with Gasteiger partial charge in [-0.1, -0.05) is 6.07 Å². The van der Waals surface area contributed by atoms with Crippen LogP contribution in [0.25, 0.3) is 0 Å². The Hall–Kier alpha value is -3.73. The Balaban J connectivity index is 1.61. The first-order chi connectivity index (χ1) is 17.6. The summed E-state index contributed by atoms with van der Waals surface area (Å²) in [4.78, 5) is 22.9. The summed E-state index contributed by atoms with van der Waals surface area (Å²) >= 11 is 0. The van der Waals surface area contributed by atoms with E-state index in [4.69, 9.17) is 4.74 Å². The number of ether oxygens (including phenoxy) is 1. The molecule has 11 heteroatoms. The largest absolute Gasteiger partial charge is 0.478 e. The minimum absolute atomic E-state index is 0.0259. The number of nitrogens with zero attached hydrogens (tertiary/aromatic N) is 3. The van der Waals surface area contributed by atoms with Crippen molar-refractivity contribution in [3.63, 3.8) is 0 Å². The second kappa shape index (κ2) is 13.0. The molecule has 0 aliphatic rings. The molecule has 198 valence electrons. The number of rotatable bonds is 12. The summed E-state index contributed by atoms with van der Waals surface area (Å²) in [6.07, 6.45) is 0.0480. The van der Waals surface area contributed by atoms with Gasteiger partial charge in [-0.25, -0.2) is 9.97 Å². The van der Waals surface area contributed by atoms with Crippen molar-refractivity contribution < 1.29 is 27.1 Å². The molecule has 0 fully saturated rings. The van der Waals surface area contributed by atoms with Crippen LogP contribution in [0.5, 0.6) is 5.88 Å². The Kier molecular flexibility index (Phi) is 9.78. The first-order valence-electron chi connectivity index (χ1n) is 11.7. The van der Waals surface area contributed by atoms with Crippen molar-refractivity contribution in [1.82, 2.24) is 14.9 Å². The highest BCUT2D eigenvalue weighted by Crippen LogP contribution is 2.31. The average Bonchev–Trinajstić information content (AvgIpc) is 2.84. The number of pyridine rings is 2. The summed E-state index contributed by atoms with van der Waals surface area (Å²) in [6.45, 7) is 1.73. The zero-order valence-electron chi connectivity index (χ0n) is 20.6. The molecule has 3 rings (SSSR count). The number of benzene rings is 1. The predicted molar refractivity (Wildman–Crippen MR) is 133 cm³/mol. The number of nitrogens with one attached hydrogen (secondary N) is 2. The van der Waals surface area contributed by atoms with Crippen molar-refractivity contribution in [2.24, 2.45) is 0 Å². The molecule has 0 aliphatic heterocycles. The summed E-state index contributed by atoms with van der Waals surface area (Å²) in [5.41, 5.74) is -0.215. The van der Waals surface area contributed by atoms with E-state index < -0.39 is 23.6 Å². The van der Waals surface area contributed by atoms with Gasteiger partial charge in [0, 0.05) is 24.5 Å². The number of amides is 1. The van der Waals surface area contributed by atoms with Gasteiger partial charge in [-0.2, -0.15) is 17.6 Å². The maximum absolute atomic E-state index is 13.8. The zero-order chi connectivity index (χ0) is 26.8. The fourth-order valence-electron chi connectivity index (χ4n) is 3.43. The van der Waals surface area contributed by atoms with E-state index in [2.05, 4.69) is 25.5 Å². The van der Waals surface area contributed by atoms with Gasteiger partial charge in [0.1, 0.15) is 5.82 Å². The molecule has 0 spiro atoms. The van der Waals surface area contributed by atoms with Crippen molar-refractivity contribution in [3.8, 4) is 5.88 Å². The third-order valence-corrected chi connectivity index (χ3v) is 5.31. The Morgan fingerprint density at radius 1 is 1.05 bits per heavy atom. The second-order valence-electron chi connectivity index (χ2n) is 8.63. The molecule has 2 aromatic heterocycles. The van der Waals surface area contributed by atoms with Crippen molar-refractivity contribution in [2.75, 3.05) is 37.9 Å². The van der Waals surface area contributed by atoms with Crippen LogP contribution in [0.4, 0.5) is 29.1 Å². The normalized spacial score (nSPS) is 11.4. The lowest BCUT2D eigenvalue weighted by Gasteiger charge is -2.13. The summed E-state index contributed by atoms with van der Waals surface area (Å²) in [6, 6.07) is 9.93. The first-order valence-corrected chi connectivity index (χ1v) is 11.7. The van der Waals surface area contributed by atoms with Gasteiger partial charge in [-0.05, 0) is 81.9 Å². The first kappa shape index (κ1) is 27.9. The molecule has 0 saturated carbocycles. The lowest BCUT2D eigenvalue weighted by atomic mass is 10.1. The summed E-state index contributed by atoms with van der Waals surface area (Å²) in [5, 5.41) is 5.32. The Morgan fingerprint density at radius 2 is 1.86 bits per heavy atom. The molecule has 0 unspecified atom stereocenters. The smallest absolute Gasteiger partial charge is 0.416 e. The highest BCUT2D eigenvalue weighted by Gasteiger charge is 2.30. The Morgan fingerprint density at radius 3 is 2.62 bits per heavy atom. The van der Waals surface area contributed by atoms with Crippen LogP contribution in [-0.4, -0.2) is 48.0 Å². The minimum atomic E-state index is -4.55. The van der Waals surface area contributed by atoms with Gasteiger partial charge in [0.15, 0.2) is 0 Å². The lowest BCUT2D eigenvalue weighted by Crippen LogP contribution is -2.17. The molecule has 37 heavy (non-hydrogen) atoms. The highest BCUT2D eigenvalue weighted by molar-refractivity contribution is 6.07. The summed E-state index contributed by atoms with van der Waals surface area (Å²) < 4.78 is 58.5. The van der Waals surface area contributed by atoms with Crippen molar-refractivity contribution >= 4 is 17.4 Å². The average molecular weight is 520 g/mol. The quantitative estimate of drug-likeness (QED) is 0.184. The number of anilines is 2. The monoisotopic (exact) mass is 519 g/mol. The molecule has 1 aromatic carbocycles. The van der Waals surface area contributed by atoms with Crippen LogP contribution in [0.1, 0.15) is 40.7 Å². The number of carbonyl (C=O) groups is 1. The lowest BCUT2D eigenvalue weighted by molar-refractivity contribution is -0.137. The van der Waals surface area contributed by atoms with Gasteiger partial charge in [-0.3, -0.25) is 4.79 Å². The molecule has 2 heterocycles. The highest BCUT2D eigenvalue weighted by atomic mass is 19.4. The molecular formula is C26H29F4N5O2. The van der Waals surface area contributed by atoms with E-state index in [1.165, 1.54) is 18.2 Å². The fourth-order valence-corrected chi connectivity index (χ4v) is 3.43. The maximum atomic E-state index is 13.8. The van der Waals surface area contributed by atoms with Crippen molar-refractivity contribution in [3.05, 3.63) is 77.4 Å². The maximum Gasteiger partial charge on any atom is 0.416 e. The summed E-state index contributed by atoms with van der Waals surface area (Å²) in [5.74, 6) is -1.15. The molecule has 0 radical (unpaired) electrons. The molecule has 0 aliphatic carbocycles. The van der Waals surface area contributed by atoms with Gasteiger partial charge in [-0.15, -0.1) is 0 Å². The van der Waals surface area contributed by atoms with Crippen LogP contribution in [0.15, 0.2) is 54.7 Å². The van der Waals surface area contributed by atoms with Gasteiger partial charge >= 0.3 is 6.18 Å². The predicted octanol–water partition coefficient (Wildman–Crippen LogP) is 5.61. The van der Waals surface area contributed by atoms with E-state index in [1.54, 1.807) is 18.3 Å². The van der Waals surface area contributed by atoms with E-state index in [-0.39, 0.29) is 23.6 Å². The van der Waals surface area contributed by atoms with Crippen LogP contribution < -0.4 is 15.4 Å². The number of halogens is 4. The standard InChI is InChI=1S/C26H29F4N5O2/c1-35(2)13-4-3-5-14-37-23-15-18(11-12-31-23)17-32-24-21(9-10-22(27)34-24)25(36)33-20-8-6-7-19(16-20)26(28,29)30/h6-12,15-16H,3-5,13-14,17H2,1-2H3,(H,32,34)(H,33,36). The van der Waals surface area contributed by atoms with E-state index in [0.717, 1.165) is 49.6 Å². The van der Waals surface area contributed by atoms with E-state index in [1.807, 2.05) is 14.1 Å². The second-order valence-corrected chi connectivity index (χ2v) is 8.63. The molecule has 3 aromatic rings. The number of hydrogen-bond acceptors (Lipinski definition) is 6. The third kappa shape index (κ3) is 9.02. The number of unbranched alkanes of at least 4 members (excludes halogenated alkanes) is 2. The number of carbonyl (C=O) groups excluding carboxylic acids is 1. The van der Waals surface area contributed by atoms with Gasteiger partial charge < -0.3 is 20.3 Å². The molecule has 0 bridgehead atoms. The van der Waals surface area contributed by atoms with Crippen molar-refractivity contribution in [2.45, 2.75) is 32.0 Å². The third-order valence-electron chi connectivity index (χ3n) is 5.31. The molecule has 1 amide bonds. The number of alkyl halides is 3. The molecular weight excluding hydrogens is 490 g/mol. The number of hydrogen-bond donors (Lipinski definition) is 2. The van der Waals surface area contributed by atoms with Crippen LogP contribution in [0, 0.1) is 5.95 Å². The van der Waals surface area contributed by atoms with Crippen LogP contribution in [0.3, 0.4) is 0 Å². The van der Waals surface area contributed by atoms with Gasteiger partial charge in [0.25, 0.3) is 5.91 Å². The molecule has 2 N–H and O–H groups in total. The SMILES string of the molecule is CN(C)CCCCCOc1cc(CNc2nc(F)ccc2C(=O)Nc2cccc(C(F)(F)F)c2)ccn1. The zero-order valence-corrected chi connectivity index (χ0v) is 20.6. The van der Waals surface area contributed by atoms with E-state index >= 15 is 0 Å². The minimum Gasteiger partial charge on any atom is -0.478 e. The molecule has 0 saturated heterocycles. The van der Waals surface area contributed by atoms with Crippen LogP contribution in [-0.2, 0) is 12.7 Å². The Bertz CT molecular complexity index is 1190. The number of aromatic nitrogens is 2. The Labute approximate surface area is 212 Å². The van der Waals surface area contributed by atoms with Gasteiger partial charge in [0.2, 0.25) is 11.8 Å². The molecule has 7 nitrogen and oxygen atoms in total. The van der Waals surface area contributed by atoms with Gasteiger partial charge in [0.05, 0.1) is 17.7 Å². The fraction of sp³-hybridized carbons (Fsp3) is 0.346. The van der Waals surface area contributed by atoms with Crippen LogP contribution in [0.2, 0.25) is 0 Å². The summed E-state index contributed by atoms with van der Waals surface area (Å²) in [7, 11) is 4.07. The van der Waals surface area contributed by atoms with E-state index in [9.17, 15) is 22.4 Å². The van der Waals surface area contributed by atoms with Crippen LogP contribution >= 0.6 is 0 Å². The van der Waals surface area contributed by atoms with E-state index in [0.29, 0.717) is 12.5 Å².